The summed E-state index contributed by atoms with van der Waals surface area (Å²) >= 11 is 0. The third-order valence-corrected chi connectivity index (χ3v) is 4.67. The molecule has 0 spiro atoms. The molecule has 1 saturated carbocycles. The number of aliphatic imine (C=N–C) groups is 1. The van der Waals surface area contributed by atoms with Gasteiger partial charge in [0, 0.05) is 18.0 Å². The number of aromatic nitrogens is 1. The van der Waals surface area contributed by atoms with Crippen molar-refractivity contribution in [2.24, 2.45) is 16.8 Å². The van der Waals surface area contributed by atoms with Gasteiger partial charge < -0.3 is 5.11 Å². The fourth-order valence-electron chi connectivity index (χ4n) is 3.26. The second kappa shape index (κ2) is 8.93. The third kappa shape index (κ3) is 4.91. The van der Waals surface area contributed by atoms with Crippen molar-refractivity contribution in [1.29, 1.82) is 0 Å². The number of rotatable bonds is 4. The van der Waals surface area contributed by atoms with E-state index in [0.29, 0.717) is 18.7 Å². The summed E-state index contributed by atoms with van der Waals surface area (Å²) in [6, 6.07) is 12.9. The van der Waals surface area contributed by atoms with Gasteiger partial charge in [0.25, 0.3) is 0 Å². The molecule has 1 aromatic carbocycles. The quantitative estimate of drug-likeness (QED) is 0.438. The van der Waals surface area contributed by atoms with Crippen molar-refractivity contribution in [3.63, 3.8) is 0 Å². The zero-order chi connectivity index (χ0) is 19.1. The number of para-hydroxylation sites is 1. The molecule has 1 aliphatic carbocycles. The Labute approximate surface area is 157 Å². The van der Waals surface area contributed by atoms with Crippen LogP contribution in [0.5, 0.6) is 0 Å². The number of carbonyl (C=O) groups excluding carboxylic acids is 1. The number of hydrazine groups is 1. The number of nitrogens with one attached hydrogen (secondary N) is 2. The Morgan fingerprint density at radius 2 is 1.63 bits per heavy atom. The average molecular weight is 366 g/mol. The van der Waals surface area contributed by atoms with E-state index in [4.69, 9.17) is 0 Å². The van der Waals surface area contributed by atoms with Crippen LogP contribution in [0.1, 0.15) is 31.2 Å². The molecule has 27 heavy (non-hydrogen) atoms. The number of hydrogen-bond acceptors (Lipinski definition) is 4. The normalized spacial score (nSPS) is 19.9. The highest BCUT2D eigenvalue weighted by Gasteiger charge is 2.35. The minimum atomic E-state index is -0.915. The lowest BCUT2D eigenvalue weighted by atomic mass is 9.79. The van der Waals surface area contributed by atoms with Gasteiger partial charge >= 0.3 is 5.97 Å². The molecule has 3 N–H and O–H groups in total. The summed E-state index contributed by atoms with van der Waals surface area (Å²) < 4.78 is 0. The molecule has 1 heterocycles. The van der Waals surface area contributed by atoms with Gasteiger partial charge in [-0.25, -0.2) is 4.99 Å². The van der Waals surface area contributed by atoms with Gasteiger partial charge in [-0.2, -0.15) is 0 Å². The molecule has 2 unspecified atom stereocenters. The predicted octanol–water partition coefficient (Wildman–Crippen LogP) is 2.67. The van der Waals surface area contributed by atoms with Crippen LogP contribution in [0.3, 0.4) is 0 Å². The second-order valence-electron chi connectivity index (χ2n) is 6.48. The Kier molecular flexibility index (Phi) is 6.14. The monoisotopic (exact) mass is 366 g/mol. The molecule has 1 amide bonds. The van der Waals surface area contributed by atoms with Gasteiger partial charge in [-0.3, -0.25) is 25.4 Å². The first-order valence-electron chi connectivity index (χ1n) is 8.98. The van der Waals surface area contributed by atoms with E-state index in [2.05, 4.69) is 20.8 Å². The Hall–Kier alpha value is -3.22. The summed E-state index contributed by atoms with van der Waals surface area (Å²) in [6.45, 7) is 0. The molecule has 2 aromatic rings. The van der Waals surface area contributed by atoms with E-state index in [1.54, 1.807) is 24.5 Å². The number of amidine groups is 1. The molecule has 0 radical (unpaired) electrons. The first-order chi connectivity index (χ1) is 13.1. The maximum atomic E-state index is 12.6. The fourth-order valence-corrected chi connectivity index (χ4v) is 3.26. The van der Waals surface area contributed by atoms with E-state index in [-0.39, 0.29) is 5.91 Å². The van der Waals surface area contributed by atoms with Gasteiger partial charge in [0.15, 0.2) is 5.84 Å². The van der Waals surface area contributed by atoms with E-state index in [1.807, 2.05) is 30.3 Å². The van der Waals surface area contributed by atoms with Crippen molar-refractivity contribution >= 4 is 23.4 Å². The van der Waals surface area contributed by atoms with E-state index in [9.17, 15) is 14.7 Å². The largest absolute Gasteiger partial charge is 0.481 e. The molecule has 7 heteroatoms. The molecule has 1 aromatic heterocycles. The summed E-state index contributed by atoms with van der Waals surface area (Å²) in [5.74, 6) is -1.96. The van der Waals surface area contributed by atoms with Crippen LogP contribution in [0.15, 0.2) is 59.9 Å². The van der Waals surface area contributed by atoms with Crippen molar-refractivity contribution in [3.8, 4) is 0 Å². The van der Waals surface area contributed by atoms with Crippen LogP contribution in [-0.2, 0) is 9.59 Å². The van der Waals surface area contributed by atoms with Crippen molar-refractivity contribution in [2.45, 2.75) is 25.7 Å². The van der Waals surface area contributed by atoms with Gasteiger partial charge in [-0.1, -0.05) is 31.0 Å². The van der Waals surface area contributed by atoms with Gasteiger partial charge in [-0.05, 0) is 37.1 Å². The first kappa shape index (κ1) is 18.6. The van der Waals surface area contributed by atoms with Crippen LogP contribution in [0, 0.1) is 11.8 Å². The van der Waals surface area contributed by atoms with Crippen LogP contribution in [0.25, 0.3) is 0 Å². The zero-order valence-electron chi connectivity index (χ0n) is 14.8. The minimum Gasteiger partial charge on any atom is -0.481 e. The molecule has 0 saturated heterocycles. The Morgan fingerprint density at radius 3 is 2.30 bits per heavy atom. The molecular formula is C20H22N4O3. The fraction of sp³-hybridized carbons (Fsp3) is 0.300. The van der Waals surface area contributed by atoms with E-state index in [0.717, 1.165) is 24.1 Å². The number of carbonyl (C=O) groups is 2. The lowest BCUT2D eigenvalue weighted by Gasteiger charge is -2.27. The molecule has 0 bridgehead atoms. The Bertz CT molecular complexity index is 808. The Balaban J connectivity index is 1.76. The summed E-state index contributed by atoms with van der Waals surface area (Å²) in [5.41, 5.74) is 7.01. The smallest absolute Gasteiger partial charge is 0.307 e. The lowest BCUT2D eigenvalue weighted by molar-refractivity contribution is -0.149. The third-order valence-electron chi connectivity index (χ3n) is 4.67. The molecule has 1 aliphatic rings. The summed E-state index contributed by atoms with van der Waals surface area (Å²) in [5, 5.41) is 9.38. The molecule has 3 rings (SSSR count). The number of benzene rings is 1. The van der Waals surface area contributed by atoms with Gasteiger partial charge in [-0.15, -0.1) is 0 Å². The molecular weight excluding hydrogens is 344 g/mol. The maximum Gasteiger partial charge on any atom is 0.307 e. The van der Waals surface area contributed by atoms with Gasteiger partial charge in [0.1, 0.15) is 0 Å². The maximum absolute atomic E-state index is 12.6. The van der Waals surface area contributed by atoms with Crippen LogP contribution in [0.2, 0.25) is 0 Å². The number of carboxylic acid groups (broad SMARTS) is 1. The molecule has 2 atom stereocenters. The molecule has 140 valence electrons. The van der Waals surface area contributed by atoms with E-state index in [1.165, 1.54) is 0 Å². The van der Waals surface area contributed by atoms with Crippen LogP contribution >= 0.6 is 0 Å². The zero-order valence-corrected chi connectivity index (χ0v) is 14.8. The number of carboxylic acids is 1. The summed E-state index contributed by atoms with van der Waals surface area (Å²) in [7, 11) is 0. The predicted molar refractivity (Wildman–Crippen MR) is 101 cm³/mol. The second-order valence-corrected chi connectivity index (χ2v) is 6.48. The highest BCUT2D eigenvalue weighted by molar-refractivity contribution is 6.01. The van der Waals surface area contributed by atoms with Gasteiger partial charge in [0.2, 0.25) is 5.91 Å². The van der Waals surface area contributed by atoms with E-state index >= 15 is 0 Å². The number of pyridine rings is 1. The average Bonchev–Trinajstić information content (AvgIpc) is 2.72. The van der Waals surface area contributed by atoms with Crippen LogP contribution < -0.4 is 10.9 Å². The Morgan fingerprint density at radius 1 is 0.963 bits per heavy atom. The van der Waals surface area contributed by atoms with Crippen molar-refractivity contribution in [2.75, 3.05) is 0 Å². The number of amides is 1. The number of aliphatic carboxylic acids is 1. The highest BCUT2D eigenvalue weighted by Crippen LogP contribution is 2.30. The van der Waals surface area contributed by atoms with Crippen molar-refractivity contribution in [1.82, 2.24) is 15.8 Å². The summed E-state index contributed by atoms with van der Waals surface area (Å²) in [4.78, 5) is 32.6. The van der Waals surface area contributed by atoms with Crippen LogP contribution in [-0.4, -0.2) is 27.8 Å². The topological polar surface area (TPSA) is 104 Å². The van der Waals surface area contributed by atoms with Gasteiger partial charge in [0.05, 0.1) is 17.5 Å². The SMILES string of the molecule is O=C(O)C1CCCCC1C(=O)NNC(=Nc1ccccc1)c1ccncc1. The lowest BCUT2D eigenvalue weighted by Crippen LogP contribution is -2.48. The van der Waals surface area contributed by atoms with Crippen molar-refractivity contribution < 1.29 is 14.7 Å². The number of nitrogens with zero attached hydrogens (tertiary/aromatic N) is 2. The summed E-state index contributed by atoms with van der Waals surface area (Å²) in [6.07, 6.45) is 6.08. The molecule has 7 nitrogen and oxygen atoms in total. The van der Waals surface area contributed by atoms with Crippen molar-refractivity contribution in [3.05, 3.63) is 60.4 Å². The van der Waals surface area contributed by atoms with E-state index < -0.39 is 17.8 Å². The molecule has 0 aliphatic heterocycles. The van der Waals surface area contributed by atoms with Crippen LogP contribution in [0.4, 0.5) is 5.69 Å². The number of hydrogen-bond donors (Lipinski definition) is 3. The minimum absolute atomic E-state index is 0.322. The first-order valence-corrected chi connectivity index (χ1v) is 8.98. The highest BCUT2D eigenvalue weighted by atomic mass is 16.4. The standard InChI is InChI=1S/C20H22N4O3/c25-19(16-8-4-5-9-17(16)20(26)27)24-23-18(14-10-12-21-13-11-14)22-15-6-2-1-3-7-15/h1-3,6-7,10-13,16-17H,4-5,8-9H2,(H,22,23)(H,24,25)(H,26,27). The molecule has 1 fully saturated rings.